The molecular formula is C21H26BrNO3. The van der Waals surface area contributed by atoms with Crippen LogP contribution in [0.15, 0.2) is 59.1 Å². The summed E-state index contributed by atoms with van der Waals surface area (Å²) in [4.78, 5) is 12.4. The number of nitrogens with one attached hydrogen (secondary N) is 1. The summed E-state index contributed by atoms with van der Waals surface area (Å²) in [5.74, 6) is -0.238. The molecule has 0 aliphatic heterocycles. The molecule has 3 N–H and O–H groups in total. The molecular weight excluding hydrogens is 394 g/mol. The minimum atomic E-state index is -1.42. The molecule has 140 valence electrons. The fourth-order valence-corrected chi connectivity index (χ4v) is 3.32. The molecule has 26 heavy (non-hydrogen) atoms. The Balaban J connectivity index is 1.98. The minimum absolute atomic E-state index is 0.0736. The number of amides is 1. The summed E-state index contributed by atoms with van der Waals surface area (Å²) in [6.07, 6.45) is 0.694. The van der Waals surface area contributed by atoms with E-state index in [4.69, 9.17) is 0 Å². The third-order valence-corrected chi connectivity index (χ3v) is 4.67. The predicted molar refractivity (Wildman–Crippen MR) is 107 cm³/mol. The van der Waals surface area contributed by atoms with Crippen molar-refractivity contribution in [2.75, 3.05) is 6.54 Å². The maximum absolute atomic E-state index is 12.4. The van der Waals surface area contributed by atoms with E-state index < -0.39 is 11.2 Å². The van der Waals surface area contributed by atoms with Crippen LogP contribution in [0.5, 0.6) is 0 Å². The third kappa shape index (κ3) is 6.56. The summed E-state index contributed by atoms with van der Waals surface area (Å²) in [5, 5.41) is 24.2. The molecule has 1 atom stereocenters. The number of aliphatic hydroxyl groups is 2. The number of hydrogen-bond donors (Lipinski definition) is 3. The first-order valence-corrected chi connectivity index (χ1v) is 9.49. The van der Waals surface area contributed by atoms with Gasteiger partial charge in [0.2, 0.25) is 5.91 Å². The van der Waals surface area contributed by atoms with Gasteiger partial charge in [0.05, 0.1) is 12.0 Å². The van der Waals surface area contributed by atoms with Crippen molar-refractivity contribution in [2.24, 2.45) is 0 Å². The Morgan fingerprint density at radius 2 is 1.65 bits per heavy atom. The van der Waals surface area contributed by atoms with Crippen molar-refractivity contribution in [3.05, 3.63) is 70.2 Å². The van der Waals surface area contributed by atoms with Gasteiger partial charge in [-0.1, -0.05) is 58.4 Å². The highest BCUT2D eigenvalue weighted by atomic mass is 79.9. The maximum atomic E-state index is 12.4. The van der Waals surface area contributed by atoms with Gasteiger partial charge in [0, 0.05) is 17.4 Å². The van der Waals surface area contributed by atoms with E-state index in [0.717, 1.165) is 10.0 Å². The lowest BCUT2D eigenvalue weighted by Gasteiger charge is -2.33. The second-order valence-electron chi connectivity index (χ2n) is 7.29. The SMILES string of the molecule is CC(C)(O)C[C@@](O)(CC(=O)NCCc1ccc(Br)cc1)c1ccccc1. The molecule has 2 aromatic carbocycles. The summed E-state index contributed by atoms with van der Waals surface area (Å²) in [7, 11) is 0. The maximum Gasteiger partial charge on any atom is 0.223 e. The van der Waals surface area contributed by atoms with Gasteiger partial charge in [0.15, 0.2) is 0 Å². The highest BCUT2D eigenvalue weighted by molar-refractivity contribution is 9.10. The molecule has 0 aliphatic carbocycles. The zero-order chi connectivity index (χ0) is 19.2. The van der Waals surface area contributed by atoms with Gasteiger partial charge in [0.25, 0.3) is 0 Å². The fourth-order valence-electron chi connectivity index (χ4n) is 3.06. The summed E-state index contributed by atoms with van der Waals surface area (Å²) in [6.45, 7) is 3.76. The zero-order valence-electron chi connectivity index (χ0n) is 15.2. The number of halogens is 1. The Hall–Kier alpha value is -1.69. The van der Waals surface area contributed by atoms with Gasteiger partial charge >= 0.3 is 0 Å². The largest absolute Gasteiger partial charge is 0.390 e. The van der Waals surface area contributed by atoms with Gasteiger partial charge in [-0.05, 0) is 43.5 Å². The van der Waals surface area contributed by atoms with Crippen molar-refractivity contribution in [1.29, 1.82) is 0 Å². The van der Waals surface area contributed by atoms with Crippen molar-refractivity contribution in [2.45, 2.75) is 44.3 Å². The second-order valence-corrected chi connectivity index (χ2v) is 8.21. The molecule has 0 aromatic heterocycles. The molecule has 4 nitrogen and oxygen atoms in total. The van der Waals surface area contributed by atoms with Crippen molar-refractivity contribution in [3.63, 3.8) is 0 Å². The van der Waals surface area contributed by atoms with E-state index in [2.05, 4.69) is 21.2 Å². The Bertz CT molecular complexity index is 710. The van der Waals surface area contributed by atoms with E-state index in [1.54, 1.807) is 26.0 Å². The average Bonchev–Trinajstić information content (AvgIpc) is 2.56. The van der Waals surface area contributed by atoms with Crippen LogP contribution < -0.4 is 5.32 Å². The fraction of sp³-hybridized carbons (Fsp3) is 0.381. The van der Waals surface area contributed by atoms with E-state index in [9.17, 15) is 15.0 Å². The summed E-state index contributed by atoms with van der Waals surface area (Å²) in [6, 6.07) is 17.0. The van der Waals surface area contributed by atoms with Crippen LogP contribution in [-0.4, -0.2) is 28.3 Å². The van der Waals surface area contributed by atoms with E-state index in [0.29, 0.717) is 18.5 Å². The minimum Gasteiger partial charge on any atom is -0.390 e. The van der Waals surface area contributed by atoms with Crippen LogP contribution >= 0.6 is 15.9 Å². The first kappa shape index (κ1) is 20.6. The van der Waals surface area contributed by atoms with E-state index in [1.807, 2.05) is 42.5 Å². The quantitative estimate of drug-likeness (QED) is 0.612. The van der Waals surface area contributed by atoms with Crippen molar-refractivity contribution in [1.82, 2.24) is 5.32 Å². The van der Waals surface area contributed by atoms with E-state index in [1.165, 1.54) is 0 Å². The lowest BCUT2D eigenvalue weighted by atomic mass is 9.81. The molecule has 0 bridgehead atoms. The molecule has 0 aliphatic rings. The normalized spacial score (nSPS) is 13.9. The van der Waals surface area contributed by atoms with Gasteiger partial charge in [-0.15, -0.1) is 0 Å². The third-order valence-electron chi connectivity index (χ3n) is 4.14. The molecule has 0 saturated carbocycles. The number of hydrogen-bond acceptors (Lipinski definition) is 3. The van der Waals surface area contributed by atoms with Gasteiger partial charge in [-0.3, -0.25) is 4.79 Å². The smallest absolute Gasteiger partial charge is 0.223 e. The van der Waals surface area contributed by atoms with Crippen LogP contribution in [0.2, 0.25) is 0 Å². The zero-order valence-corrected chi connectivity index (χ0v) is 16.8. The van der Waals surface area contributed by atoms with Crippen LogP contribution in [0.3, 0.4) is 0 Å². The van der Waals surface area contributed by atoms with Crippen LogP contribution in [0.4, 0.5) is 0 Å². The Morgan fingerprint density at radius 3 is 2.23 bits per heavy atom. The Morgan fingerprint density at radius 1 is 1.04 bits per heavy atom. The topological polar surface area (TPSA) is 69.6 Å². The standard InChI is InChI=1S/C21H26BrNO3/c1-20(2,25)15-21(26,17-6-4-3-5-7-17)14-19(24)23-13-12-16-8-10-18(22)11-9-16/h3-11,25-26H,12-15H2,1-2H3,(H,23,24)/t21-/m0/s1. The van der Waals surface area contributed by atoms with Crippen LogP contribution in [0.1, 0.15) is 37.8 Å². The first-order valence-electron chi connectivity index (χ1n) is 8.69. The van der Waals surface area contributed by atoms with Crippen LogP contribution in [-0.2, 0) is 16.8 Å². The summed E-state index contributed by atoms with van der Waals surface area (Å²) in [5.41, 5.74) is -0.753. The van der Waals surface area contributed by atoms with Gasteiger partial charge in [0.1, 0.15) is 5.60 Å². The molecule has 0 heterocycles. The van der Waals surface area contributed by atoms with E-state index in [-0.39, 0.29) is 18.7 Å². The Labute approximate surface area is 163 Å². The molecule has 2 rings (SSSR count). The monoisotopic (exact) mass is 419 g/mol. The molecule has 0 spiro atoms. The molecule has 1 amide bonds. The van der Waals surface area contributed by atoms with Gasteiger partial charge in [-0.25, -0.2) is 0 Å². The number of rotatable bonds is 8. The van der Waals surface area contributed by atoms with Crippen LogP contribution in [0, 0.1) is 0 Å². The molecule has 0 unspecified atom stereocenters. The molecule has 0 saturated heterocycles. The first-order chi connectivity index (χ1) is 12.2. The van der Waals surface area contributed by atoms with Crippen LogP contribution in [0.25, 0.3) is 0 Å². The lowest BCUT2D eigenvalue weighted by molar-refractivity contribution is -0.129. The summed E-state index contributed by atoms with van der Waals surface area (Å²) < 4.78 is 1.02. The highest BCUT2D eigenvalue weighted by Gasteiger charge is 2.37. The molecule has 0 fully saturated rings. The van der Waals surface area contributed by atoms with Crippen molar-refractivity contribution >= 4 is 21.8 Å². The predicted octanol–water partition coefficient (Wildman–Crippen LogP) is 3.55. The van der Waals surface area contributed by atoms with Crippen molar-refractivity contribution in [3.8, 4) is 0 Å². The molecule has 0 radical (unpaired) electrons. The average molecular weight is 420 g/mol. The van der Waals surface area contributed by atoms with Crippen molar-refractivity contribution < 1.29 is 15.0 Å². The summed E-state index contributed by atoms with van der Waals surface area (Å²) >= 11 is 3.40. The van der Waals surface area contributed by atoms with Gasteiger partial charge in [-0.2, -0.15) is 0 Å². The molecule has 2 aromatic rings. The number of carbonyl (C=O) groups excluding carboxylic acids is 1. The van der Waals surface area contributed by atoms with Gasteiger partial charge < -0.3 is 15.5 Å². The molecule has 5 heteroatoms. The number of carbonyl (C=O) groups is 1. The van der Waals surface area contributed by atoms with E-state index >= 15 is 0 Å². The highest BCUT2D eigenvalue weighted by Crippen LogP contribution is 2.33. The Kier molecular flexibility index (Phi) is 6.98. The number of benzene rings is 2. The lowest BCUT2D eigenvalue weighted by Crippen LogP contribution is -2.40. The second kappa shape index (κ2) is 8.80.